The Labute approximate surface area is 208 Å². The highest BCUT2D eigenvalue weighted by Crippen LogP contribution is 2.38. The second-order valence-electron chi connectivity index (χ2n) is 8.87. The number of nitrogens with zero attached hydrogens (tertiary/aromatic N) is 2. The quantitative estimate of drug-likeness (QED) is 0.259. The maximum Gasteiger partial charge on any atom is 0.282 e. The molecule has 4 aromatic rings. The zero-order chi connectivity index (χ0) is 24.6. The Kier molecular flexibility index (Phi) is 5.49. The Balaban J connectivity index is 1.27. The zero-order valence-corrected chi connectivity index (χ0v) is 19.9. The number of benzene rings is 4. The van der Waals surface area contributed by atoms with E-state index < -0.39 is 11.8 Å². The lowest BCUT2D eigenvalue weighted by Gasteiger charge is -2.23. The predicted molar refractivity (Wildman–Crippen MR) is 138 cm³/mol. The monoisotopic (exact) mass is 476 g/mol. The van der Waals surface area contributed by atoms with E-state index >= 15 is 0 Å². The maximum absolute atomic E-state index is 13.3. The Bertz CT molecular complexity index is 1480. The van der Waals surface area contributed by atoms with E-state index in [9.17, 15) is 9.59 Å². The molecule has 178 valence electrons. The first-order valence-corrected chi connectivity index (χ1v) is 12.1. The molecule has 0 saturated carbocycles. The summed E-state index contributed by atoms with van der Waals surface area (Å²) in [5.74, 6) is 0.363. The first-order valence-electron chi connectivity index (χ1n) is 12.1. The number of imide groups is 1. The molecule has 0 saturated heterocycles. The van der Waals surface area contributed by atoms with E-state index in [1.54, 1.807) is 6.07 Å². The van der Waals surface area contributed by atoms with E-state index in [0.29, 0.717) is 41.4 Å². The molecule has 36 heavy (non-hydrogen) atoms. The molecule has 1 heterocycles. The minimum absolute atomic E-state index is 0.410. The highest BCUT2D eigenvalue weighted by atomic mass is 16.5. The zero-order valence-electron chi connectivity index (χ0n) is 19.9. The van der Waals surface area contributed by atoms with Crippen molar-refractivity contribution in [1.82, 2.24) is 5.01 Å². The average molecular weight is 477 g/mol. The Hall–Kier alpha value is -4.45. The molecule has 0 atom stereocenters. The fourth-order valence-corrected chi connectivity index (χ4v) is 4.96. The van der Waals surface area contributed by atoms with Crippen molar-refractivity contribution in [3.63, 3.8) is 0 Å². The number of hydrogen-bond donors (Lipinski definition) is 0. The Morgan fingerprint density at radius 1 is 0.806 bits per heavy atom. The lowest BCUT2D eigenvalue weighted by atomic mass is 9.92. The molecule has 2 aliphatic rings. The highest BCUT2D eigenvalue weighted by molar-refractivity contribution is 6.26. The van der Waals surface area contributed by atoms with Crippen LogP contribution in [0.4, 0.5) is 0 Å². The van der Waals surface area contributed by atoms with Crippen molar-refractivity contribution in [3.8, 4) is 11.5 Å². The third-order valence-electron chi connectivity index (χ3n) is 6.67. The summed E-state index contributed by atoms with van der Waals surface area (Å²) in [5.41, 5.74) is 5.17. The first-order chi connectivity index (χ1) is 17.6. The minimum atomic E-state index is -0.410. The van der Waals surface area contributed by atoms with Crippen LogP contribution in [0.5, 0.6) is 11.5 Å². The SMILES string of the molecule is CCOc1cc(/C=N\N2C(=O)c3ccc4c5c(ccc(c35)C2=O)CC4)ccc1OCc1ccccc1. The molecule has 6 heteroatoms. The number of hydrogen-bond acceptors (Lipinski definition) is 5. The van der Waals surface area contributed by atoms with Crippen LogP contribution in [0.1, 0.15) is 49.9 Å². The van der Waals surface area contributed by atoms with Crippen LogP contribution >= 0.6 is 0 Å². The van der Waals surface area contributed by atoms with Gasteiger partial charge in [-0.25, -0.2) is 0 Å². The van der Waals surface area contributed by atoms with Crippen LogP contribution in [-0.2, 0) is 19.4 Å². The lowest BCUT2D eigenvalue weighted by Crippen LogP contribution is -2.36. The summed E-state index contributed by atoms with van der Waals surface area (Å²) in [4.78, 5) is 26.5. The number of hydrazone groups is 1. The van der Waals surface area contributed by atoms with Crippen molar-refractivity contribution >= 4 is 28.8 Å². The largest absolute Gasteiger partial charge is 0.490 e. The van der Waals surface area contributed by atoms with E-state index in [2.05, 4.69) is 5.10 Å². The van der Waals surface area contributed by atoms with Crippen molar-refractivity contribution in [1.29, 1.82) is 0 Å². The van der Waals surface area contributed by atoms with Gasteiger partial charge in [-0.15, -0.1) is 0 Å². The molecule has 1 aliphatic heterocycles. The van der Waals surface area contributed by atoms with Gasteiger partial charge in [0.25, 0.3) is 11.8 Å². The number of amides is 2. The minimum Gasteiger partial charge on any atom is -0.490 e. The lowest BCUT2D eigenvalue weighted by molar-refractivity contribution is 0.0616. The van der Waals surface area contributed by atoms with Gasteiger partial charge in [-0.1, -0.05) is 42.5 Å². The second-order valence-corrected chi connectivity index (χ2v) is 8.87. The number of carbonyl (C=O) groups is 2. The summed E-state index contributed by atoms with van der Waals surface area (Å²) < 4.78 is 11.7. The fourth-order valence-electron chi connectivity index (χ4n) is 4.96. The first kappa shape index (κ1) is 22.0. The van der Waals surface area contributed by atoms with Gasteiger partial charge >= 0.3 is 0 Å². The van der Waals surface area contributed by atoms with Gasteiger partial charge in [0, 0.05) is 5.39 Å². The second kappa shape index (κ2) is 8.96. The number of ether oxygens (including phenoxy) is 2. The van der Waals surface area contributed by atoms with E-state index in [1.165, 1.54) is 17.3 Å². The third kappa shape index (κ3) is 3.71. The molecule has 0 radical (unpaired) electrons. The van der Waals surface area contributed by atoms with Gasteiger partial charge in [-0.3, -0.25) is 9.59 Å². The standard InChI is InChI=1S/C30H24N2O4/c1-2-35-26-16-20(8-15-25(26)36-18-19-6-4-3-5-7-19)17-31-32-29(33)23-13-11-21-9-10-22-12-14-24(30(32)34)28(23)27(21)22/h3-8,11-17H,2,9-10,18H2,1H3/b31-17-. The molecule has 6 nitrogen and oxygen atoms in total. The summed E-state index contributed by atoms with van der Waals surface area (Å²) in [5, 5.41) is 7.08. The van der Waals surface area contributed by atoms with Crippen LogP contribution in [0, 0.1) is 0 Å². The van der Waals surface area contributed by atoms with Crippen LogP contribution < -0.4 is 9.47 Å². The Morgan fingerprint density at radius 3 is 2.17 bits per heavy atom. The summed E-state index contributed by atoms with van der Waals surface area (Å²) >= 11 is 0. The molecular formula is C30H24N2O4. The Morgan fingerprint density at radius 2 is 1.50 bits per heavy atom. The molecule has 0 spiro atoms. The van der Waals surface area contributed by atoms with E-state index in [1.807, 2.05) is 73.7 Å². The highest BCUT2D eigenvalue weighted by Gasteiger charge is 2.35. The van der Waals surface area contributed by atoms with Gasteiger partial charge < -0.3 is 9.47 Å². The fraction of sp³-hybridized carbons (Fsp3) is 0.167. The summed E-state index contributed by atoms with van der Waals surface area (Å²) in [6, 6.07) is 22.9. The molecule has 0 fully saturated rings. The van der Waals surface area contributed by atoms with E-state index in [-0.39, 0.29) is 0 Å². The normalized spacial score (nSPS) is 14.2. The molecule has 4 aromatic carbocycles. The van der Waals surface area contributed by atoms with Gasteiger partial charge in [0.1, 0.15) is 6.61 Å². The molecular weight excluding hydrogens is 452 g/mol. The van der Waals surface area contributed by atoms with E-state index in [4.69, 9.17) is 9.47 Å². The topological polar surface area (TPSA) is 68.2 Å². The van der Waals surface area contributed by atoms with Crippen molar-refractivity contribution in [2.45, 2.75) is 26.4 Å². The molecule has 2 amide bonds. The molecule has 0 bridgehead atoms. The van der Waals surface area contributed by atoms with Crippen LogP contribution in [0.15, 0.2) is 77.9 Å². The maximum atomic E-state index is 13.3. The average Bonchev–Trinajstić information content (AvgIpc) is 3.33. The van der Waals surface area contributed by atoms with Gasteiger partial charge in [0.15, 0.2) is 11.5 Å². The molecule has 0 aromatic heterocycles. The van der Waals surface area contributed by atoms with Crippen LogP contribution in [0.3, 0.4) is 0 Å². The smallest absolute Gasteiger partial charge is 0.282 e. The number of carbonyl (C=O) groups excluding carboxylic acids is 2. The number of rotatable bonds is 7. The summed E-state index contributed by atoms with van der Waals surface area (Å²) in [6.07, 6.45) is 3.38. The van der Waals surface area contributed by atoms with Crippen LogP contribution in [0.2, 0.25) is 0 Å². The predicted octanol–water partition coefficient (Wildman–Crippen LogP) is 5.55. The van der Waals surface area contributed by atoms with Gasteiger partial charge in [0.05, 0.1) is 23.9 Å². The third-order valence-corrected chi connectivity index (χ3v) is 6.67. The van der Waals surface area contributed by atoms with E-state index in [0.717, 1.165) is 34.2 Å². The van der Waals surface area contributed by atoms with Gasteiger partial charge in [-0.2, -0.15) is 10.1 Å². The summed E-state index contributed by atoms with van der Waals surface area (Å²) in [6.45, 7) is 2.79. The summed E-state index contributed by atoms with van der Waals surface area (Å²) in [7, 11) is 0. The van der Waals surface area contributed by atoms with Crippen molar-refractivity contribution in [2.24, 2.45) is 5.10 Å². The molecule has 0 N–H and O–H groups in total. The molecule has 6 rings (SSSR count). The van der Waals surface area contributed by atoms with Gasteiger partial charge in [0.2, 0.25) is 0 Å². The molecule has 0 unspecified atom stereocenters. The van der Waals surface area contributed by atoms with Crippen LogP contribution in [0.25, 0.3) is 10.8 Å². The number of aryl methyl sites for hydroxylation is 2. The molecule has 1 aliphatic carbocycles. The van der Waals surface area contributed by atoms with Crippen molar-refractivity contribution in [3.05, 3.63) is 106 Å². The van der Waals surface area contributed by atoms with Crippen molar-refractivity contribution in [2.75, 3.05) is 6.61 Å². The van der Waals surface area contributed by atoms with Crippen LogP contribution in [-0.4, -0.2) is 29.6 Å². The van der Waals surface area contributed by atoms with Gasteiger partial charge in [-0.05, 0) is 77.7 Å². The van der Waals surface area contributed by atoms with Crippen molar-refractivity contribution < 1.29 is 19.1 Å².